The van der Waals surface area contributed by atoms with Gasteiger partial charge in [-0.05, 0) is 49.2 Å². The summed E-state index contributed by atoms with van der Waals surface area (Å²) in [7, 11) is -2.07. The number of amides is 1. The molecule has 0 bridgehead atoms. The third-order valence-corrected chi connectivity index (χ3v) is 10.5. The van der Waals surface area contributed by atoms with Crippen molar-refractivity contribution in [1.29, 1.82) is 0 Å². The number of carbonyl (C=O) groups is 1. The molecule has 1 amide bonds. The van der Waals surface area contributed by atoms with Crippen LogP contribution in [0.4, 0.5) is 5.69 Å². The molecule has 44 heavy (non-hydrogen) atoms. The summed E-state index contributed by atoms with van der Waals surface area (Å²) in [5, 5.41) is 12.4. The lowest BCUT2D eigenvalue weighted by Gasteiger charge is -2.20. The van der Waals surface area contributed by atoms with Crippen molar-refractivity contribution in [1.82, 2.24) is 23.5 Å². The monoisotopic (exact) mass is 632 g/mol. The van der Waals surface area contributed by atoms with Crippen molar-refractivity contribution in [2.45, 2.75) is 42.3 Å². The largest absolute Gasteiger partial charge is 0.496 e. The van der Waals surface area contributed by atoms with Gasteiger partial charge in [-0.2, -0.15) is 4.31 Å². The maximum absolute atomic E-state index is 13.6. The number of fused-ring (bicyclic) bond motifs is 3. The number of nitrogens with one attached hydrogen (secondary N) is 1. The lowest BCUT2D eigenvalue weighted by atomic mass is 10.2. The first kappa shape index (κ1) is 29.9. The maximum atomic E-state index is 13.6. The van der Waals surface area contributed by atoms with Crippen LogP contribution in [0.2, 0.25) is 0 Å². The summed E-state index contributed by atoms with van der Waals surface area (Å²) >= 11 is 1.17. The number of anilines is 1. The number of rotatable bonds is 9. The molecule has 0 unspecified atom stereocenters. The van der Waals surface area contributed by atoms with Crippen molar-refractivity contribution < 1.29 is 17.9 Å². The van der Waals surface area contributed by atoms with Crippen LogP contribution < -0.4 is 15.6 Å². The molecule has 1 fully saturated rings. The first-order valence-electron chi connectivity index (χ1n) is 14.4. The normalized spacial score (nSPS) is 14.5. The van der Waals surface area contributed by atoms with Crippen LogP contribution in [0, 0.1) is 0 Å². The standard InChI is InChI=1S/C31H32N6O5S2/c1-42-27-16-7-4-11-22(27)20-36-29(39)25-14-5-6-15-26(25)37-30(36)33-34-31(37)43-21-28(38)32-23-12-10-13-24(19-23)44(40,41)35-17-8-2-3-9-18-35/h4-7,10-16,19H,2-3,8-9,17-18,20-21H2,1H3,(H,32,38). The first-order valence-corrected chi connectivity index (χ1v) is 16.8. The minimum Gasteiger partial charge on any atom is -0.496 e. The molecule has 1 aliphatic rings. The molecule has 0 aliphatic carbocycles. The summed E-state index contributed by atoms with van der Waals surface area (Å²) in [5.41, 5.74) is 1.62. The average Bonchev–Trinajstić information content (AvgIpc) is 3.26. The molecule has 6 rings (SSSR count). The minimum absolute atomic E-state index is 0.0101. The van der Waals surface area contributed by atoms with Gasteiger partial charge in [-0.3, -0.25) is 18.6 Å². The van der Waals surface area contributed by atoms with Crippen LogP contribution in [0.15, 0.2) is 87.6 Å². The van der Waals surface area contributed by atoms with E-state index in [2.05, 4.69) is 15.5 Å². The second-order valence-corrected chi connectivity index (χ2v) is 13.4. The molecule has 0 saturated carbocycles. The number of aromatic nitrogens is 4. The lowest BCUT2D eigenvalue weighted by molar-refractivity contribution is -0.113. The Hall–Kier alpha value is -4.20. The van der Waals surface area contributed by atoms with Gasteiger partial charge < -0.3 is 10.1 Å². The molecule has 1 saturated heterocycles. The Morgan fingerprint density at radius 2 is 1.70 bits per heavy atom. The lowest BCUT2D eigenvalue weighted by Crippen LogP contribution is -2.32. The molecule has 1 aliphatic heterocycles. The molecule has 3 heterocycles. The Labute approximate surface area is 258 Å². The number of methoxy groups -OCH3 is 1. The number of para-hydroxylation sites is 2. The zero-order valence-electron chi connectivity index (χ0n) is 24.2. The molecule has 0 atom stereocenters. The van der Waals surface area contributed by atoms with Gasteiger partial charge in [-0.15, -0.1) is 10.2 Å². The average molecular weight is 633 g/mol. The van der Waals surface area contributed by atoms with E-state index in [4.69, 9.17) is 4.74 Å². The highest BCUT2D eigenvalue weighted by atomic mass is 32.2. The highest BCUT2D eigenvalue weighted by Crippen LogP contribution is 2.26. The van der Waals surface area contributed by atoms with E-state index in [0.29, 0.717) is 46.4 Å². The van der Waals surface area contributed by atoms with Crippen molar-refractivity contribution >= 4 is 50.1 Å². The fraction of sp³-hybridized carbons (Fsp3) is 0.290. The molecular weight excluding hydrogens is 601 g/mol. The molecule has 5 aromatic rings. The van der Waals surface area contributed by atoms with Gasteiger partial charge in [0, 0.05) is 24.3 Å². The second kappa shape index (κ2) is 12.8. The van der Waals surface area contributed by atoms with E-state index in [-0.39, 0.29) is 28.7 Å². The third kappa shape index (κ3) is 5.94. The Balaban J connectivity index is 1.24. The zero-order chi connectivity index (χ0) is 30.7. The van der Waals surface area contributed by atoms with E-state index in [0.717, 1.165) is 31.2 Å². The molecular formula is C31H32N6O5S2. The highest BCUT2D eigenvalue weighted by Gasteiger charge is 2.25. The Morgan fingerprint density at radius 3 is 2.50 bits per heavy atom. The number of ether oxygens (including phenoxy) is 1. The smallest absolute Gasteiger partial charge is 0.263 e. The highest BCUT2D eigenvalue weighted by molar-refractivity contribution is 7.99. The van der Waals surface area contributed by atoms with Crippen LogP contribution in [0.3, 0.4) is 0 Å². The van der Waals surface area contributed by atoms with Gasteiger partial charge in [0.05, 0.1) is 35.2 Å². The summed E-state index contributed by atoms with van der Waals surface area (Å²) in [6.07, 6.45) is 3.74. The van der Waals surface area contributed by atoms with Crippen LogP contribution in [0.5, 0.6) is 5.75 Å². The molecule has 228 valence electrons. The van der Waals surface area contributed by atoms with Crippen LogP contribution in [-0.2, 0) is 21.4 Å². The number of thioether (sulfide) groups is 1. The summed E-state index contributed by atoms with van der Waals surface area (Å²) < 4.78 is 36.9. The topological polar surface area (TPSA) is 128 Å². The van der Waals surface area contributed by atoms with E-state index in [1.54, 1.807) is 46.4 Å². The maximum Gasteiger partial charge on any atom is 0.263 e. The van der Waals surface area contributed by atoms with Crippen molar-refractivity contribution in [3.63, 3.8) is 0 Å². The number of hydrogen-bond acceptors (Lipinski definition) is 8. The van der Waals surface area contributed by atoms with Crippen LogP contribution in [0.25, 0.3) is 16.7 Å². The number of carbonyl (C=O) groups excluding carboxylic acids is 1. The van der Waals surface area contributed by atoms with Gasteiger partial charge in [0.2, 0.25) is 21.7 Å². The van der Waals surface area contributed by atoms with Crippen molar-refractivity contribution in [2.75, 3.05) is 31.3 Å². The molecule has 13 heteroatoms. The van der Waals surface area contributed by atoms with Crippen LogP contribution in [0.1, 0.15) is 31.2 Å². The van der Waals surface area contributed by atoms with E-state index >= 15 is 0 Å². The molecule has 0 radical (unpaired) electrons. The van der Waals surface area contributed by atoms with E-state index < -0.39 is 10.0 Å². The van der Waals surface area contributed by atoms with Gasteiger partial charge in [0.25, 0.3) is 5.56 Å². The van der Waals surface area contributed by atoms with E-state index in [1.165, 1.54) is 22.1 Å². The fourth-order valence-electron chi connectivity index (χ4n) is 5.47. The number of hydrogen-bond donors (Lipinski definition) is 1. The SMILES string of the molecule is COc1ccccc1Cn1c(=O)c2ccccc2n2c(SCC(=O)Nc3cccc(S(=O)(=O)N4CCCCCC4)c3)nnc12. The molecule has 1 N–H and O–H groups in total. The number of nitrogens with zero attached hydrogens (tertiary/aromatic N) is 5. The Morgan fingerprint density at radius 1 is 0.955 bits per heavy atom. The molecule has 0 spiro atoms. The van der Waals surface area contributed by atoms with Crippen molar-refractivity contribution in [2.24, 2.45) is 0 Å². The van der Waals surface area contributed by atoms with Crippen LogP contribution >= 0.6 is 11.8 Å². The Kier molecular flexibility index (Phi) is 8.69. The van der Waals surface area contributed by atoms with E-state index in [9.17, 15) is 18.0 Å². The third-order valence-electron chi connectivity index (χ3n) is 7.65. The number of sulfonamides is 1. The Bertz CT molecular complexity index is 2000. The van der Waals surface area contributed by atoms with E-state index in [1.807, 2.05) is 36.4 Å². The first-order chi connectivity index (χ1) is 21.4. The van der Waals surface area contributed by atoms with Crippen molar-refractivity contribution in [3.05, 3.63) is 88.7 Å². The summed E-state index contributed by atoms with van der Waals surface area (Å²) in [6, 6.07) is 21.0. The second-order valence-electron chi connectivity index (χ2n) is 10.5. The predicted octanol–water partition coefficient (Wildman–Crippen LogP) is 4.40. The van der Waals surface area contributed by atoms with Crippen molar-refractivity contribution in [3.8, 4) is 5.75 Å². The van der Waals surface area contributed by atoms with Gasteiger partial charge in [0.15, 0.2) is 5.16 Å². The molecule has 2 aromatic heterocycles. The zero-order valence-corrected chi connectivity index (χ0v) is 25.8. The fourth-order valence-corrected chi connectivity index (χ4v) is 7.77. The summed E-state index contributed by atoms with van der Waals surface area (Å²) in [4.78, 5) is 26.8. The minimum atomic E-state index is -3.65. The van der Waals surface area contributed by atoms with Gasteiger partial charge in [-0.1, -0.05) is 61.0 Å². The predicted molar refractivity (Wildman–Crippen MR) is 170 cm³/mol. The summed E-state index contributed by atoms with van der Waals surface area (Å²) in [5.74, 6) is 0.653. The number of benzene rings is 3. The van der Waals surface area contributed by atoms with Gasteiger partial charge >= 0.3 is 0 Å². The van der Waals surface area contributed by atoms with Gasteiger partial charge in [0.1, 0.15) is 5.75 Å². The molecule has 3 aromatic carbocycles. The molecule has 11 nitrogen and oxygen atoms in total. The van der Waals surface area contributed by atoms with Gasteiger partial charge in [-0.25, -0.2) is 8.42 Å². The van der Waals surface area contributed by atoms with Crippen LogP contribution in [-0.4, -0.2) is 63.7 Å². The summed E-state index contributed by atoms with van der Waals surface area (Å²) in [6.45, 7) is 1.23. The quantitative estimate of drug-likeness (QED) is 0.237.